The smallest absolute Gasteiger partial charge is 0.0997 e. The fraction of sp³-hybridized carbons (Fsp3) is 0.500. The van der Waals surface area contributed by atoms with E-state index in [9.17, 15) is 0 Å². The van der Waals surface area contributed by atoms with Crippen LogP contribution in [0.3, 0.4) is 0 Å². The molecule has 1 atom stereocenters. The third-order valence-electron chi connectivity index (χ3n) is 5.13. The molecule has 0 saturated carbocycles. The molecule has 4 aliphatic rings. The fourth-order valence-electron chi connectivity index (χ4n) is 4.22. The van der Waals surface area contributed by atoms with Crippen LogP contribution in [0.15, 0.2) is 48.2 Å². The molecule has 20 heavy (non-hydrogen) atoms. The monoisotopic (exact) mass is 270 g/mol. The van der Waals surface area contributed by atoms with Crippen LogP contribution in [0.1, 0.15) is 19.3 Å². The molecule has 0 aromatic heterocycles. The van der Waals surface area contributed by atoms with Crippen molar-refractivity contribution in [3.63, 3.8) is 0 Å². The lowest BCUT2D eigenvalue weighted by Gasteiger charge is -2.51. The van der Waals surface area contributed by atoms with Crippen molar-refractivity contribution in [2.45, 2.75) is 19.3 Å². The molecule has 1 unspecified atom stereocenters. The molecule has 4 heteroatoms. The molecule has 4 N–H and O–H groups in total. The quantitative estimate of drug-likeness (QED) is 0.536. The number of fused-ring (bicyclic) bond motifs is 2. The van der Waals surface area contributed by atoms with Gasteiger partial charge in [0, 0.05) is 30.5 Å². The summed E-state index contributed by atoms with van der Waals surface area (Å²) in [5.74, 6) is 1.27. The number of allylic oxidation sites excluding steroid dienone is 3. The van der Waals surface area contributed by atoms with E-state index < -0.39 is 0 Å². The number of hydrogen-bond donors (Lipinski definition) is 4. The summed E-state index contributed by atoms with van der Waals surface area (Å²) in [7, 11) is 0. The summed E-state index contributed by atoms with van der Waals surface area (Å²) >= 11 is 0. The maximum Gasteiger partial charge on any atom is 0.0997 e. The van der Waals surface area contributed by atoms with Gasteiger partial charge in [0.15, 0.2) is 0 Å². The number of rotatable bonds is 0. The van der Waals surface area contributed by atoms with E-state index in [2.05, 4.69) is 58.1 Å². The molecule has 0 aromatic rings. The predicted molar refractivity (Wildman–Crippen MR) is 80.3 cm³/mol. The van der Waals surface area contributed by atoms with Gasteiger partial charge in [-0.25, -0.2) is 0 Å². The molecule has 106 valence electrons. The first kappa shape index (κ1) is 11.9. The van der Waals surface area contributed by atoms with Crippen LogP contribution in [-0.2, 0) is 0 Å². The molecule has 4 heterocycles. The Bertz CT molecular complexity index is 513. The minimum Gasteiger partial charge on any atom is -0.390 e. The van der Waals surface area contributed by atoms with E-state index in [1.54, 1.807) is 5.57 Å². The summed E-state index contributed by atoms with van der Waals surface area (Å²) in [4.78, 5) is 0. The number of nitrogens with one attached hydrogen (secondary N) is 4. The highest BCUT2D eigenvalue weighted by Crippen LogP contribution is 2.53. The summed E-state index contributed by atoms with van der Waals surface area (Å²) in [5.41, 5.74) is 1.87. The molecule has 0 saturated heterocycles. The van der Waals surface area contributed by atoms with Crippen LogP contribution in [-0.4, -0.2) is 19.6 Å². The normalized spacial score (nSPS) is 33.2. The molecular formula is C16H22N4. The highest BCUT2D eigenvalue weighted by Gasteiger charge is 2.49. The summed E-state index contributed by atoms with van der Waals surface area (Å²) in [6.45, 7) is 3.13. The van der Waals surface area contributed by atoms with Crippen LogP contribution in [0.4, 0.5) is 0 Å². The molecule has 0 aromatic carbocycles. The lowest BCUT2D eigenvalue weighted by Crippen LogP contribution is -2.53. The molecule has 0 bridgehead atoms. The largest absolute Gasteiger partial charge is 0.390 e. The number of dihydropyridines is 1. The standard InChI is InChI=1S/C16H22N4/c1-2-16(12-18-7-1)6-11-20-14-13(16)15(5-10-19-14)3-8-17-9-4-15/h1,3-4,7-9,17-20H,2,5-6,10-12H2. The molecule has 0 fully saturated rings. The van der Waals surface area contributed by atoms with Gasteiger partial charge < -0.3 is 21.3 Å². The van der Waals surface area contributed by atoms with Gasteiger partial charge in [-0.05, 0) is 43.4 Å². The highest BCUT2D eigenvalue weighted by molar-refractivity contribution is 5.43. The van der Waals surface area contributed by atoms with Crippen molar-refractivity contribution in [1.29, 1.82) is 0 Å². The van der Waals surface area contributed by atoms with E-state index in [-0.39, 0.29) is 10.8 Å². The van der Waals surface area contributed by atoms with Crippen LogP contribution in [0.5, 0.6) is 0 Å². The Balaban J connectivity index is 1.86. The zero-order valence-electron chi connectivity index (χ0n) is 11.7. The minimum absolute atomic E-state index is 0.0755. The second-order valence-corrected chi connectivity index (χ2v) is 6.24. The van der Waals surface area contributed by atoms with Gasteiger partial charge >= 0.3 is 0 Å². The molecule has 4 rings (SSSR count). The lowest BCUT2D eigenvalue weighted by atomic mass is 9.59. The zero-order valence-corrected chi connectivity index (χ0v) is 11.7. The highest BCUT2D eigenvalue weighted by atomic mass is 15.1. The van der Waals surface area contributed by atoms with Crippen LogP contribution >= 0.6 is 0 Å². The average Bonchev–Trinajstić information content (AvgIpc) is 2.49. The van der Waals surface area contributed by atoms with E-state index in [1.165, 1.54) is 12.2 Å². The first-order chi connectivity index (χ1) is 9.85. The summed E-state index contributed by atoms with van der Waals surface area (Å²) < 4.78 is 0. The topological polar surface area (TPSA) is 48.1 Å². The van der Waals surface area contributed by atoms with E-state index in [1.807, 2.05) is 0 Å². The van der Waals surface area contributed by atoms with Gasteiger partial charge in [0.2, 0.25) is 0 Å². The van der Waals surface area contributed by atoms with Crippen molar-refractivity contribution in [2.75, 3.05) is 19.6 Å². The van der Waals surface area contributed by atoms with E-state index >= 15 is 0 Å². The molecular weight excluding hydrogens is 248 g/mol. The van der Waals surface area contributed by atoms with Crippen molar-refractivity contribution < 1.29 is 0 Å². The van der Waals surface area contributed by atoms with Crippen molar-refractivity contribution >= 4 is 0 Å². The predicted octanol–water partition coefficient (Wildman–Crippen LogP) is 1.29. The third kappa shape index (κ3) is 1.60. The Labute approximate surface area is 120 Å². The van der Waals surface area contributed by atoms with Gasteiger partial charge in [0.25, 0.3) is 0 Å². The second-order valence-electron chi connectivity index (χ2n) is 6.24. The summed E-state index contributed by atoms with van der Waals surface area (Å²) in [5, 5.41) is 13.8. The van der Waals surface area contributed by atoms with E-state index in [0.29, 0.717) is 0 Å². The van der Waals surface area contributed by atoms with Gasteiger partial charge in [0.1, 0.15) is 0 Å². The lowest BCUT2D eigenvalue weighted by molar-refractivity contribution is 0.222. The molecule has 0 amide bonds. The maximum atomic E-state index is 3.59. The third-order valence-corrected chi connectivity index (χ3v) is 5.13. The molecule has 2 spiro atoms. The van der Waals surface area contributed by atoms with Crippen molar-refractivity contribution in [1.82, 2.24) is 21.3 Å². The average molecular weight is 270 g/mol. The van der Waals surface area contributed by atoms with Crippen molar-refractivity contribution in [2.24, 2.45) is 10.8 Å². The van der Waals surface area contributed by atoms with E-state index in [0.717, 1.165) is 32.5 Å². The molecule has 4 aliphatic heterocycles. The Kier molecular flexibility index (Phi) is 2.59. The van der Waals surface area contributed by atoms with Gasteiger partial charge in [-0.1, -0.05) is 18.2 Å². The summed E-state index contributed by atoms with van der Waals surface area (Å²) in [6, 6.07) is 0. The SMILES string of the molecule is C1=CNCC2(C1)CCNC1=C2C2(C=CNC=C2)CCN1. The van der Waals surface area contributed by atoms with Gasteiger partial charge in [-0.2, -0.15) is 0 Å². The van der Waals surface area contributed by atoms with E-state index in [4.69, 9.17) is 0 Å². The Morgan fingerprint density at radius 2 is 1.75 bits per heavy atom. The van der Waals surface area contributed by atoms with Crippen LogP contribution in [0, 0.1) is 10.8 Å². The van der Waals surface area contributed by atoms with Crippen LogP contribution < -0.4 is 21.3 Å². The van der Waals surface area contributed by atoms with Crippen LogP contribution in [0.2, 0.25) is 0 Å². The zero-order chi connectivity index (χ0) is 13.5. The first-order valence-corrected chi connectivity index (χ1v) is 7.58. The maximum absolute atomic E-state index is 3.59. The molecule has 0 radical (unpaired) electrons. The van der Waals surface area contributed by atoms with Crippen LogP contribution in [0.25, 0.3) is 0 Å². The van der Waals surface area contributed by atoms with Gasteiger partial charge in [-0.3, -0.25) is 0 Å². The fourth-order valence-corrected chi connectivity index (χ4v) is 4.22. The Morgan fingerprint density at radius 3 is 2.50 bits per heavy atom. The minimum atomic E-state index is 0.0755. The Morgan fingerprint density at radius 1 is 0.950 bits per heavy atom. The van der Waals surface area contributed by atoms with Crippen molar-refractivity contribution in [3.05, 3.63) is 48.2 Å². The van der Waals surface area contributed by atoms with Gasteiger partial charge in [0.05, 0.1) is 5.82 Å². The summed E-state index contributed by atoms with van der Waals surface area (Å²) in [6.07, 6.45) is 16.7. The Hall–Kier alpha value is -1.84. The molecule has 0 aliphatic carbocycles. The number of hydrogen-bond acceptors (Lipinski definition) is 4. The second kappa shape index (κ2) is 4.33. The van der Waals surface area contributed by atoms with Gasteiger partial charge in [-0.15, -0.1) is 0 Å². The first-order valence-electron chi connectivity index (χ1n) is 7.58. The van der Waals surface area contributed by atoms with Crippen molar-refractivity contribution in [3.8, 4) is 0 Å². The molecule has 4 nitrogen and oxygen atoms in total.